The number of amides is 1. The number of hydrogen-bond acceptors (Lipinski definition) is 2. The molecule has 6 heteroatoms. The second-order valence-corrected chi connectivity index (χ2v) is 6.97. The van der Waals surface area contributed by atoms with Gasteiger partial charge >= 0.3 is 5.97 Å². The number of carbonyl (C=O) groups is 2. The minimum absolute atomic E-state index is 0.132. The number of rotatable bonds is 5. The lowest BCUT2D eigenvalue weighted by molar-refractivity contribution is -0.139. The van der Waals surface area contributed by atoms with Crippen molar-refractivity contribution in [3.63, 3.8) is 0 Å². The van der Waals surface area contributed by atoms with Crippen LogP contribution in [0.3, 0.4) is 0 Å². The van der Waals surface area contributed by atoms with Crippen LogP contribution in [0.25, 0.3) is 0 Å². The number of nitrogens with one attached hydrogen (secondary N) is 1. The summed E-state index contributed by atoms with van der Waals surface area (Å²) in [5, 5.41) is 12.5. The molecule has 2 rings (SSSR count). The van der Waals surface area contributed by atoms with Gasteiger partial charge < -0.3 is 10.4 Å². The van der Waals surface area contributed by atoms with E-state index in [-0.39, 0.29) is 6.42 Å². The summed E-state index contributed by atoms with van der Waals surface area (Å²) >= 11 is 9.33. The Labute approximate surface area is 154 Å². The normalized spacial score (nSPS) is 11.8. The van der Waals surface area contributed by atoms with E-state index in [0.29, 0.717) is 10.6 Å². The smallest absolute Gasteiger partial charge is 0.326 e. The average Bonchev–Trinajstić information content (AvgIpc) is 2.48. The lowest BCUT2D eigenvalue weighted by Crippen LogP contribution is -2.42. The van der Waals surface area contributed by atoms with Crippen molar-refractivity contribution < 1.29 is 14.7 Å². The SMILES string of the molecule is Cc1cc(C)cc(C(=O)N[C@@H](Cc2cc(Cl)ccc2Br)C(=O)O)c1. The summed E-state index contributed by atoms with van der Waals surface area (Å²) in [6.45, 7) is 3.78. The van der Waals surface area contributed by atoms with E-state index in [1.54, 1.807) is 30.3 Å². The minimum Gasteiger partial charge on any atom is -0.480 e. The van der Waals surface area contributed by atoms with Crippen molar-refractivity contribution in [2.45, 2.75) is 26.3 Å². The fourth-order valence-corrected chi connectivity index (χ4v) is 3.07. The fraction of sp³-hybridized carbons (Fsp3) is 0.222. The highest BCUT2D eigenvalue weighted by molar-refractivity contribution is 9.10. The zero-order valence-electron chi connectivity index (χ0n) is 13.3. The number of carbonyl (C=O) groups excluding carboxylic acids is 1. The largest absolute Gasteiger partial charge is 0.480 e. The topological polar surface area (TPSA) is 66.4 Å². The zero-order chi connectivity index (χ0) is 17.9. The van der Waals surface area contributed by atoms with Crippen LogP contribution in [0.5, 0.6) is 0 Å². The van der Waals surface area contributed by atoms with E-state index in [1.165, 1.54) is 0 Å². The molecule has 126 valence electrons. The first-order chi connectivity index (χ1) is 11.3. The van der Waals surface area contributed by atoms with Crippen molar-refractivity contribution in [3.8, 4) is 0 Å². The fourth-order valence-electron chi connectivity index (χ4n) is 2.47. The molecule has 0 aliphatic carbocycles. The maximum absolute atomic E-state index is 12.4. The van der Waals surface area contributed by atoms with Crippen LogP contribution in [0.4, 0.5) is 0 Å². The van der Waals surface area contributed by atoms with Crippen molar-refractivity contribution in [3.05, 3.63) is 68.1 Å². The molecule has 2 N–H and O–H groups in total. The van der Waals surface area contributed by atoms with E-state index < -0.39 is 17.9 Å². The summed E-state index contributed by atoms with van der Waals surface area (Å²) in [6.07, 6.45) is 0.132. The maximum atomic E-state index is 12.4. The van der Waals surface area contributed by atoms with Gasteiger partial charge in [-0.2, -0.15) is 0 Å². The Kier molecular flexibility index (Phi) is 6.02. The molecule has 0 radical (unpaired) electrons. The second-order valence-electron chi connectivity index (χ2n) is 5.68. The van der Waals surface area contributed by atoms with E-state index in [1.807, 2.05) is 19.9 Å². The van der Waals surface area contributed by atoms with Gasteiger partial charge in [0.2, 0.25) is 0 Å². The molecule has 24 heavy (non-hydrogen) atoms. The van der Waals surface area contributed by atoms with E-state index in [0.717, 1.165) is 21.2 Å². The predicted octanol–water partition coefficient (Wildman–Crippen LogP) is 4.15. The summed E-state index contributed by atoms with van der Waals surface area (Å²) in [5.74, 6) is -1.51. The van der Waals surface area contributed by atoms with Crippen LogP contribution in [-0.2, 0) is 11.2 Å². The Morgan fingerprint density at radius 3 is 2.38 bits per heavy atom. The molecule has 0 unspecified atom stereocenters. The Morgan fingerprint density at radius 1 is 1.17 bits per heavy atom. The van der Waals surface area contributed by atoms with Crippen molar-refractivity contribution in [2.75, 3.05) is 0 Å². The maximum Gasteiger partial charge on any atom is 0.326 e. The van der Waals surface area contributed by atoms with Crippen LogP contribution < -0.4 is 5.32 Å². The molecule has 4 nitrogen and oxygen atoms in total. The molecule has 0 saturated heterocycles. The number of aliphatic carboxylic acids is 1. The molecule has 0 aromatic heterocycles. The zero-order valence-corrected chi connectivity index (χ0v) is 15.6. The van der Waals surface area contributed by atoms with Gasteiger partial charge in [0.1, 0.15) is 6.04 Å². The standard InChI is InChI=1S/C18H17BrClNO3/c1-10-5-11(2)7-13(6-10)17(22)21-16(18(23)24)9-12-8-14(20)3-4-15(12)19/h3-8,16H,9H2,1-2H3,(H,21,22)(H,23,24)/t16-/m0/s1. The average molecular weight is 411 g/mol. The van der Waals surface area contributed by atoms with Crippen LogP contribution in [0.15, 0.2) is 40.9 Å². The first kappa shape index (κ1) is 18.5. The van der Waals surface area contributed by atoms with Gasteiger partial charge in [0.15, 0.2) is 0 Å². The molecule has 0 bridgehead atoms. The molecule has 2 aromatic carbocycles. The molecule has 0 fully saturated rings. The van der Waals surface area contributed by atoms with Gasteiger partial charge in [-0.15, -0.1) is 0 Å². The first-order valence-corrected chi connectivity index (χ1v) is 8.49. The summed E-state index contributed by atoms with van der Waals surface area (Å²) in [7, 11) is 0. The molecule has 0 heterocycles. The van der Waals surface area contributed by atoms with Crippen molar-refractivity contribution in [2.24, 2.45) is 0 Å². The number of benzene rings is 2. The highest BCUT2D eigenvalue weighted by Crippen LogP contribution is 2.22. The Hall–Kier alpha value is -1.85. The summed E-state index contributed by atoms with van der Waals surface area (Å²) in [4.78, 5) is 23.9. The van der Waals surface area contributed by atoms with Gasteiger partial charge in [0, 0.05) is 21.5 Å². The van der Waals surface area contributed by atoms with Gasteiger partial charge in [0.25, 0.3) is 5.91 Å². The first-order valence-electron chi connectivity index (χ1n) is 7.32. The third kappa shape index (κ3) is 4.82. The van der Waals surface area contributed by atoms with Crippen LogP contribution in [0, 0.1) is 13.8 Å². The van der Waals surface area contributed by atoms with Gasteiger partial charge in [0.05, 0.1) is 0 Å². The molecule has 0 aliphatic rings. The molecule has 2 aromatic rings. The molecule has 1 atom stereocenters. The van der Waals surface area contributed by atoms with Crippen LogP contribution in [0.2, 0.25) is 5.02 Å². The third-order valence-corrected chi connectivity index (χ3v) is 4.53. The molecular formula is C18H17BrClNO3. The van der Waals surface area contributed by atoms with E-state index in [9.17, 15) is 14.7 Å². The highest BCUT2D eigenvalue weighted by atomic mass is 79.9. The third-order valence-electron chi connectivity index (χ3n) is 3.52. The summed E-state index contributed by atoms with van der Waals surface area (Å²) in [6, 6.07) is 9.51. The number of carboxylic acid groups (broad SMARTS) is 1. The number of carboxylic acids is 1. The molecule has 0 spiro atoms. The monoisotopic (exact) mass is 409 g/mol. The van der Waals surface area contributed by atoms with Crippen LogP contribution in [-0.4, -0.2) is 23.0 Å². The Bertz CT molecular complexity index is 772. The highest BCUT2D eigenvalue weighted by Gasteiger charge is 2.22. The van der Waals surface area contributed by atoms with Gasteiger partial charge in [-0.1, -0.05) is 44.7 Å². The molecule has 0 saturated carbocycles. The second kappa shape index (κ2) is 7.81. The van der Waals surface area contributed by atoms with Crippen molar-refractivity contribution in [1.29, 1.82) is 0 Å². The molecule has 0 aliphatic heterocycles. The van der Waals surface area contributed by atoms with Gasteiger partial charge in [-0.25, -0.2) is 4.79 Å². The molecule has 1 amide bonds. The quantitative estimate of drug-likeness (QED) is 0.778. The predicted molar refractivity (Wildman–Crippen MR) is 97.7 cm³/mol. The van der Waals surface area contributed by atoms with E-state index in [2.05, 4.69) is 21.2 Å². The number of halogens is 2. The molecular weight excluding hydrogens is 394 g/mol. The summed E-state index contributed by atoms with van der Waals surface area (Å²) < 4.78 is 0.749. The minimum atomic E-state index is -1.10. The number of hydrogen-bond donors (Lipinski definition) is 2. The lowest BCUT2D eigenvalue weighted by atomic mass is 10.0. The lowest BCUT2D eigenvalue weighted by Gasteiger charge is -2.16. The number of aryl methyl sites for hydroxylation is 2. The van der Waals surface area contributed by atoms with Gasteiger partial charge in [-0.3, -0.25) is 4.79 Å². The van der Waals surface area contributed by atoms with E-state index in [4.69, 9.17) is 11.6 Å². The van der Waals surface area contributed by atoms with Crippen molar-refractivity contribution >= 4 is 39.4 Å². The summed E-state index contributed by atoms with van der Waals surface area (Å²) in [5.41, 5.74) is 3.06. The Morgan fingerprint density at radius 2 is 1.79 bits per heavy atom. The van der Waals surface area contributed by atoms with Crippen LogP contribution >= 0.6 is 27.5 Å². The van der Waals surface area contributed by atoms with E-state index >= 15 is 0 Å². The van der Waals surface area contributed by atoms with Crippen LogP contribution in [0.1, 0.15) is 27.0 Å². The van der Waals surface area contributed by atoms with Crippen molar-refractivity contribution in [1.82, 2.24) is 5.32 Å². The van der Waals surface area contributed by atoms with Gasteiger partial charge in [-0.05, 0) is 49.7 Å². The Balaban J connectivity index is 2.20.